The van der Waals surface area contributed by atoms with Crippen LogP contribution in [-0.2, 0) is 4.79 Å². The van der Waals surface area contributed by atoms with Gasteiger partial charge in [-0.15, -0.1) is 0 Å². The predicted octanol–water partition coefficient (Wildman–Crippen LogP) is 4.43. The summed E-state index contributed by atoms with van der Waals surface area (Å²) in [7, 11) is 0. The van der Waals surface area contributed by atoms with Crippen molar-refractivity contribution < 1.29 is 14.3 Å². The molecule has 0 atom stereocenters. The van der Waals surface area contributed by atoms with Crippen molar-refractivity contribution in [1.29, 1.82) is 0 Å². The van der Waals surface area contributed by atoms with E-state index in [9.17, 15) is 9.59 Å². The van der Waals surface area contributed by atoms with Crippen LogP contribution < -0.4 is 15.0 Å². The number of aromatic nitrogens is 1. The van der Waals surface area contributed by atoms with E-state index in [0.29, 0.717) is 27.7 Å². The Kier molecular flexibility index (Phi) is 4.71. The van der Waals surface area contributed by atoms with E-state index in [1.165, 1.54) is 4.90 Å². The van der Waals surface area contributed by atoms with E-state index in [-0.39, 0.29) is 24.2 Å². The van der Waals surface area contributed by atoms with Crippen LogP contribution in [0.5, 0.6) is 11.6 Å². The molecule has 0 spiro atoms. The summed E-state index contributed by atoms with van der Waals surface area (Å²) in [6.07, 6.45) is 1.56. The van der Waals surface area contributed by atoms with Crippen molar-refractivity contribution in [3.05, 3.63) is 76.9 Å². The fraction of sp³-hybridized carbons (Fsp3) is 0.0952. The molecule has 28 heavy (non-hydrogen) atoms. The van der Waals surface area contributed by atoms with Crippen molar-refractivity contribution in [3.8, 4) is 11.6 Å². The lowest BCUT2D eigenvalue weighted by molar-refractivity contribution is -0.114. The Balaban J connectivity index is 1.68. The van der Waals surface area contributed by atoms with E-state index in [1.807, 2.05) is 19.1 Å². The van der Waals surface area contributed by atoms with Crippen LogP contribution >= 0.6 is 11.6 Å². The number of fused-ring (bicyclic) bond motifs is 2. The van der Waals surface area contributed by atoms with E-state index < -0.39 is 0 Å². The number of nitrogens with zero attached hydrogens (tertiary/aromatic N) is 2. The van der Waals surface area contributed by atoms with Crippen LogP contribution in [0.15, 0.2) is 60.8 Å². The van der Waals surface area contributed by atoms with Gasteiger partial charge in [0.1, 0.15) is 12.1 Å². The standard InChI is InChI=1S/C21H16ClN3O3/c1-13-4-9-18-17(11-13)25(21(27)16-3-2-10-23-20(16)28-18)12-19(26)24-15-7-5-14(22)6-8-15/h2-11H,12H2,1H3,(H,24,26). The minimum atomic E-state index is -0.348. The largest absolute Gasteiger partial charge is 0.436 e. The minimum Gasteiger partial charge on any atom is -0.436 e. The molecule has 0 radical (unpaired) electrons. The summed E-state index contributed by atoms with van der Waals surface area (Å²) in [6, 6.07) is 15.5. The van der Waals surface area contributed by atoms with Gasteiger partial charge in [0.25, 0.3) is 5.91 Å². The van der Waals surface area contributed by atoms with Crippen molar-refractivity contribution in [1.82, 2.24) is 4.98 Å². The molecule has 2 heterocycles. The fourth-order valence-electron chi connectivity index (χ4n) is 2.95. The zero-order chi connectivity index (χ0) is 19.7. The number of hydrogen-bond acceptors (Lipinski definition) is 4. The van der Waals surface area contributed by atoms with Crippen molar-refractivity contribution >= 4 is 34.8 Å². The molecular weight excluding hydrogens is 378 g/mol. The number of halogens is 1. The SMILES string of the molecule is Cc1ccc2c(c1)N(CC(=O)Nc1ccc(Cl)cc1)C(=O)c1cccnc1O2. The molecule has 2 aromatic carbocycles. The number of aryl methyl sites for hydroxylation is 1. The van der Waals surface area contributed by atoms with Gasteiger partial charge in [0.15, 0.2) is 5.75 Å². The Bertz CT molecular complexity index is 1070. The topological polar surface area (TPSA) is 71.5 Å². The van der Waals surface area contributed by atoms with Gasteiger partial charge < -0.3 is 10.1 Å². The maximum atomic E-state index is 13.2. The zero-order valence-electron chi connectivity index (χ0n) is 15.0. The van der Waals surface area contributed by atoms with Crippen LogP contribution in [0.2, 0.25) is 5.02 Å². The molecule has 6 nitrogen and oxygen atoms in total. The third-order valence-corrected chi connectivity index (χ3v) is 4.54. The van der Waals surface area contributed by atoms with Gasteiger partial charge in [-0.1, -0.05) is 17.7 Å². The molecule has 7 heteroatoms. The van der Waals surface area contributed by atoms with Crippen LogP contribution in [0, 0.1) is 6.92 Å². The second-order valence-electron chi connectivity index (χ2n) is 6.38. The highest BCUT2D eigenvalue weighted by Gasteiger charge is 2.30. The van der Waals surface area contributed by atoms with Crippen LogP contribution in [0.1, 0.15) is 15.9 Å². The number of anilines is 2. The van der Waals surface area contributed by atoms with E-state index >= 15 is 0 Å². The van der Waals surface area contributed by atoms with Crippen molar-refractivity contribution in [2.75, 3.05) is 16.8 Å². The number of rotatable bonds is 3. The molecule has 0 saturated heterocycles. The van der Waals surface area contributed by atoms with Gasteiger partial charge in [0.05, 0.1) is 5.69 Å². The highest BCUT2D eigenvalue weighted by atomic mass is 35.5. The number of hydrogen-bond donors (Lipinski definition) is 1. The monoisotopic (exact) mass is 393 g/mol. The molecule has 4 rings (SSSR count). The number of carbonyl (C=O) groups excluding carboxylic acids is 2. The summed E-state index contributed by atoms with van der Waals surface area (Å²) >= 11 is 5.87. The van der Waals surface area contributed by atoms with E-state index in [4.69, 9.17) is 16.3 Å². The summed E-state index contributed by atoms with van der Waals surface area (Å²) in [5, 5.41) is 3.35. The summed E-state index contributed by atoms with van der Waals surface area (Å²) in [4.78, 5) is 31.3. The molecular formula is C21H16ClN3O3. The first kappa shape index (κ1) is 18.0. The second kappa shape index (κ2) is 7.32. The Morgan fingerprint density at radius 2 is 1.96 bits per heavy atom. The summed E-state index contributed by atoms with van der Waals surface area (Å²) in [5.41, 5.74) is 2.36. The van der Waals surface area contributed by atoms with Gasteiger partial charge >= 0.3 is 0 Å². The maximum Gasteiger partial charge on any atom is 0.264 e. The zero-order valence-corrected chi connectivity index (χ0v) is 15.7. The van der Waals surface area contributed by atoms with Gasteiger partial charge in [-0.2, -0.15) is 0 Å². The first-order valence-corrected chi connectivity index (χ1v) is 9.00. The maximum absolute atomic E-state index is 13.2. The molecule has 1 aromatic heterocycles. The smallest absolute Gasteiger partial charge is 0.264 e. The Hall–Kier alpha value is -3.38. The molecule has 1 N–H and O–H groups in total. The van der Waals surface area contributed by atoms with Gasteiger partial charge in [0.2, 0.25) is 11.8 Å². The van der Waals surface area contributed by atoms with Crippen molar-refractivity contribution in [2.45, 2.75) is 6.92 Å². The number of amides is 2. The van der Waals surface area contributed by atoms with E-state index in [1.54, 1.807) is 48.7 Å². The third kappa shape index (κ3) is 3.54. The van der Waals surface area contributed by atoms with Crippen LogP contribution in [0.25, 0.3) is 0 Å². The first-order valence-electron chi connectivity index (χ1n) is 8.62. The molecule has 0 fully saturated rings. The molecule has 1 aliphatic rings. The number of ether oxygens (including phenoxy) is 1. The molecule has 1 aliphatic heterocycles. The van der Waals surface area contributed by atoms with Crippen LogP contribution in [0.3, 0.4) is 0 Å². The lowest BCUT2D eigenvalue weighted by Crippen LogP contribution is -2.37. The molecule has 140 valence electrons. The number of nitrogens with one attached hydrogen (secondary N) is 1. The lowest BCUT2D eigenvalue weighted by Gasteiger charge is -2.22. The average molecular weight is 394 g/mol. The first-order chi connectivity index (χ1) is 13.5. The van der Waals surface area contributed by atoms with Gasteiger partial charge in [-0.25, -0.2) is 4.98 Å². The fourth-order valence-corrected chi connectivity index (χ4v) is 3.08. The number of carbonyl (C=O) groups is 2. The van der Waals surface area contributed by atoms with Gasteiger partial charge in [-0.3, -0.25) is 14.5 Å². The molecule has 0 aliphatic carbocycles. The van der Waals surface area contributed by atoms with E-state index in [2.05, 4.69) is 10.3 Å². The highest BCUT2D eigenvalue weighted by molar-refractivity contribution is 6.30. The van der Waals surface area contributed by atoms with Gasteiger partial charge in [-0.05, 0) is 61.0 Å². The summed E-state index contributed by atoms with van der Waals surface area (Å²) in [6.45, 7) is 1.74. The third-order valence-electron chi connectivity index (χ3n) is 4.29. The Morgan fingerprint density at radius 1 is 1.18 bits per heavy atom. The normalized spacial score (nSPS) is 12.5. The van der Waals surface area contributed by atoms with Crippen LogP contribution in [0.4, 0.5) is 11.4 Å². The molecule has 3 aromatic rings. The van der Waals surface area contributed by atoms with Crippen molar-refractivity contribution in [3.63, 3.8) is 0 Å². The Morgan fingerprint density at radius 3 is 2.75 bits per heavy atom. The highest BCUT2D eigenvalue weighted by Crippen LogP contribution is 2.38. The minimum absolute atomic E-state index is 0.171. The average Bonchev–Trinajstić information content (AvgIpc) is 2.79. The summed E-state index contributed by atoms with van der Waals surface area (Å²) in [5.74, 6) is 0.00285. The lowest BCUT2D eigenvalue weighted by atomic mass is 10.1. The van der Waals surface area contributed by atoms with Crippen molar-refractivity contribution in [2.24, 2.45) is 0 Å². The van der Waals surface area contributed by atoms with Crippen LogP contribution in [-0.4, -0.2) is 23.3 Å². The molecule has 0 saturated carbocycles. The number of pyridine rings is 1. The molecule has 0 unspecified atom stereocenters. The Labute approximate surface area is 166 Å². The quantitative estimate of drug-likeness (QED) is 0.714. The van der Waals surface area contributed by atoms with Gasteiger partial charge in [0, 0.05) is 16.9 Å². The number of benzene rings is 2. The molecule has 0 bridgehead atoms. The second-order valence-corrected chi connectivity index (χ2v) is 6.81. The predicted molar refractivity (Wildman–Crippen MR) is 107 cm³/mol. The molecule has 2 amide bonds. The van der Waals surface area contributed by atoms with E-state index in [0.717, 1.165) is 5.56 Å². The summed E-state index contributed by atoms with van der Waals surface area (Å²) < 4.78 is 5.85.